The number of likely N-dealkylation sites (tertiary alicyclic amines) is 1. The zero-order valence-electron chi connectivity index (χ0n) is 19.4. The molecule has 0 spiro atoms. The first-order valence-corrected chi connectivity index (χ1v) is 12.8. The van der Waals surface area contributed by atoms with Gasteiger partial charge in [-0.25, -0.2) is 0 Å². The second-order valence-corrected chi connectivity index (χ2v) is 10.8. The number of piperidine rings is 1. The maximum atomic E-state index is 14.0. The van der Waals surface area contributed by atoms with Gasteiger partial charge >= 0.3 is 0 Å². The lowest BCUT2D eigenvalue weighted by molar-refractivity contribution is 0.0570. The Morgan fingerprint density at radius 2 is 1.91 bits per heavy atom. The highest BCUT2D eigenvalue weighted by Gasteiger charge is 2.60. The van der Waals surface area contributed by atoms with E-state index in [0.29, 0.717) is 22.5 Å². The number of nitrogens with one attached hydrogen (secondary N) is 1. The fourth-order valence-corrected chi connectivity index (χ4v) is 6.96. The monoisotopic (exact) mass is 475 g/mol. The van der Waals surface area contributed by atoms with E-state index < -0.39 is 0 Å². The molecule has 0 radical (unpaired) electrons. The molecule has 176 valence electrons. The Morgan fingerprint density at radius 3 is 2.74 bits per heavy atom. The molecule has 6 heteroatoms. The highest BCUT2D eigenvalue weighted by molar-refractivity contribution is 6.33. The van der Waals surface area contributed by atoms with Gasteiger partial charge in [0.1, 0.15) is 5.69 Å². The van der Waals surface area contributed by atoms with Gasteiger partial charge in [-0.15, -0.1) is 0 Å². The largest absolute Gasteiger partial charge is 0.350 e. The second-order valence-electron chi connectivity index (χ2n) is 10.4. The minimum atomic E-state index is -0.0491. The van der Waals surface area contributed by atoms with Gasteiger partial charge in [0.2, 0.25) is 5.76 Å². The summed E-state index contributed by atoms with van der Waals surface area (Å²) in [4.78, 5) is 16.2. The van der Waals surface area contributed by atoms with E-state index in [-0.39, 0.29) is 29.4 Å². The summed E-state index contributed by atoms with van der Waals surface area (Å²) in [5.74, 6) is 0.247. The van der Waals surface area contributed by atoms with Crippen molar-refractivity contribution in [1.82, 2.24) is 15.4 Å². The molecule has 34 heavy (non-hydrogen) atoms. The lowest BCUT2D eigenvalue weighted by Gasteiger charge is -2.43. The van der Waals surface area contributed by atoms with Gasteiger partial charge in [0.15, 0.2) is 0 Å². The van der Waals surface area contributed by atoms with Crippen molar-refractivity contribution in [3.63, 3.8) is 0 Å². The van der Waals surface area contributed by atoms with Gasteiger partial charge in [0, 0.05) is 41.2 Å². The van der Waals surface area contributed by atoms with E-state index in [1.807, 2.05) is 24.3 Å². The number of halogens is 1. The second kappa shape index (κ2) is 8.54. The standard InChI is InChI=1S/C28H30ClN3O2/c1-28-17-23-22(15-18-9-3-2-4-10-18)30-25(28)13-7-8-14-26(28)32(23)27(33)24-16-21(31-34-24)19-11-5-6-12-20(19)29/h2-6,9-12,16,22-23,25-26,30H,7-8,13-15,17H2,1H3/t22-,23+,25-,26+,28-/m1/s1. The van der Waals surface area contributed by atoms with Gasteiger partial charge in [-0.1, -0.05) is 85.1 Å². The van der Waals surface area contributed by atoms with Crippen LogP contribution in [0.1, 0.15) is 55.1 Å². The molecule has 3 aromatic rings. The molecule has 5 nitrogen and oxygen atoms in total. The number of rotatable bonds is 4. The van der Waals surface area contributed by atoms with Crippen LogP contribution in [0.15, 0.2) is 65.2 Å². The van der Waals surface area contributed by atoms with Crippen LogP contribution >= 0.6 is 11.6 Å². The molecule has 3 heterocycles. The van der Waals surface area contributed by atoms with Crippen molar-refractivity contribution in [3.05, 3.63) is 77.0 Å². The first-order chi connectivity index (χ1) is 16.5. The quantitative estimate of drug-likeness (QED) is 0.522. The van der Waals surface area contributed by atoms with Crippen molar-refractivity contribution < 1.29 is 9.32 Å². The highest BCUT2D eigenvalue weighted by Crippen LogP contribution is 2.52. The van der Waals surface area contributed by atoms with Gasteiger partial charge in [-0.05, 0) is 37.3 Å². The van der Waals surface area contributed by atoms with Crippen LogP contribution in [0.5, 0.6) is 0 Å². The molecule has 0 unspecified atom stereocenters. The average Bonchev–Trinajstić information content (AvgIpc) is 3.38. The third-order valence-corrected chi connectivity index (χ3v) is 8.73. The number of benzene rings is 2. The number of carbonyl (C=O) groups excluding carboxylic acids is 1. The molecule has 3 fully saturated rings. The van der Waals surface area contributed by atoms with Crippen LogP contribution < -0.4 is 5.32 Å². The summed E-state index contributed by atoms with van der Waals surface area (Å²) in [5.41, 5.74) is 2.75. The molecular weight excluding hydrogens is 446 g/mol. The van der Waals surface area contributed by atoms with Gasteiger partial charge in [0.05, 0.1) is 5.02 Å². The van der Waals surface area contributed by atoms with Gasteiger partial charge in [0.25, 0.3) is 5.91 Å². The van der Waals surface area contributed by atoms with E-state index in [2.05, 4.69) is 52.6 Å². The number of amides is 1. The first-order valence-electron chi connectivity index (χ1n) is 12.4. The Labute approximate surface area is 205 Å². The molecule has 1 amide bonds. The fourth-order valence-electron chi connectivity index (χ4n) is 6.73. The normalized spacial score (nSPS) is 30.2. The van der Waals surface area contributed by atoms with E-state index in [0.717, 1.165) is 31.2 Å². The summed E-state index contributed by atoms with van der Waals surface area (Å²) in [7, 11) is 0. The van der Waals surface area contributed by atoms with Crippen molar-refractivity contribution in [3.8, 4) is 11.3 Å². The third kappa shape index (κ3) is 3.57. The zero-order chi connectivity index (χ0) is 23.3. The molecule has 3 aliphatic rings. The predicted molar refractivity (Wildman–Crippen MR) is 133 cm³/mol. The minimum absolute atomic E-state index is 0.0491. The topological polar surface area (TPSA) is 58.4 Å². The van der Waals surface area contributed by atoms with Crippen LogP contribution in [0.4, 0.5) is 0 Å². The van der Waals surface area contributed by atoms with Crippen molar-refractivity contribution in [2.75, 3.05) is 0 Å². The Balaban J connectivity index is 1.35. The van der Waals surface area contributed by atoms with Crippen LogP contribution in [0, 0.1) is 5.41 Å². The number of nitrogens with zero attached hydrogens (tertiary/aromatic N) is 2. The fraction of sp³-hybridized carbons (Fsp3) is 0.429. The van der Waals surface area contributed by atoms with Crippen molar-refractivity contribution in [2.24, 2.45) is 5.41 Å². The van der Waals surface area contributed by atoms with E-state index >= 15 is 0 Å². The molecule has 2 saturated heterocycles. The minimum Gasteiger partial charge on any atom is -0.350 e. The van der Waals surface area contributed by atoms with Crippen molar-refractivity contribution >= 4 is 17.5 Å². The summed E-state index contributed by atoms with van der Waals surface area (Å²) in [6.45, 7) is 2.38. The number of aromatic nitrogens is 1. The molecule has 2 aromatic carbocycles. The summed E-state index contributed by atoms with van der Waals surface area (Å²) in [5, 5.41) is 8.79. The zero-order valence-corrected chi connectivity index (χ0v) is 20.2. The predicted octanol–water partition coefficient (Wildman–Crippen LogP) is 5.74. The lowest BCUT2D eigenvalue weighted by Crippen LogP contribution is -2.57. The molecular formula is C28H30ClN3O2. The van der Waals surface area contributed by atoms with Gasteiger partial charge < -0.3 is 14.7 Å². The molecule has 5 atom stereocenters. The Hall–Kier alpha value is -2.63. The third-order valence-electron chi connectivity index (χ3n) is 8.40. The summed E-state index contributed by atoms with van der Waals surface area (Å²) in [6.07, 6.45) is 6.51. The van der Waals surface area contributed by atoms with Gasteiger partial charge in [-0.3, -0.25) is 4.79 Å². The molecule has 1 N–H and O–H groups in total. The smallest absolute Gasteiger partial charge is 0.293 e. The van der Waals surface area contributed by atoms with Crippen LogP contribution in [0.2, 0.25) is 5.02 Å². The number of fused-ring (bicyclic) bond motifs is 1. The van der Waals surface area contributed by atoms with Gasteiger partial charge in [-0.2, -0.15) is 0 Å². The van der Waals surface area contributed by atoms with E-state index in [9.17, 15) is 4.79 Å². The van der Waals surface area contributed by atoms with E-state index in [1.54, 1.807) is 6.07 Å². The Morgan fingerprint density at radius 1 is 1.15 bits per heavy atom. The summed E-state index contributed by atoms with van der Waals surface area (Å²) < 4.78 is 5.63. The highest BCUT2D eigenvalue weighted by atomic mass is 35.5. The number of carbonyl (C=O) groups is 1. The van der Waals surface area contributed by atoms with Crippen molar-refractivity contribution in [1.29, 1.82) is 0 Å². The Kier molecular flexibility index (Phi) is 5.50. The molecule has 1 aromatic heterocycles. The van der Waals surface area contributed by atoms with Crippen molar-refractivity contribution in [2.45, 2.75) is 69.6 Å². The van der Waals surface area contributed by atoms with Crippen LogP contribution in [-0.4, -0.2) is 40.1 Å². The maximum Gasteiger partial charge on any atom is 0.293 e. The molecule has 2 aliphatic heterocycles. The summed E-state index contributed by atoms with van der Waals surface area (Å²) >= 11 is 6.36. The molecule has 1 saturated carbocycles. The van der Waals surface area contributed by atoms with Crippen LogP contribution in [0.3, 0.4) is 0 Å². The van der Waals surface area contributed by atoms with E-state index in [1.165, 1.54) is 18.4 Å². The number of hydrogen-bond donors (Lipinski definition) is 1. The Bertz CT molecular complexity index is 1200. The SMILES string of the molecule is C[C@@]12C[C@H]3[C@@H](Cc4ccccc4)N[C@@H]1CCCC[C@@H]2N3C(=O)c1cc(-c2ccccc2Cl)no1. The maximum absolute atomic E-state index is 14.0. The lowest BCUT2D eigenvalue weighted by atomic mass is 9.70. The number of hydrogen-bond acceptors (Lipinski definition) is 4. The average molecular weight is 476 g/mol. The van der Waals surface area contributed by atoms with Crippen LogP contribution in [0.25, 0.3) is 11.3 Å². The molecule has 6 rings (SSSR count). The molecule has 2 bridgehead atoms. The molecule has 1 aliphatic carbocycles. The first kappa shape index (κ1) is 21.9. The van der Waals surface area contributed by atoms with Crippen LogP contribution in [-0.2, 0) is 6.42 Å². The van der Waals surface area contributed by atoms with E-state index in [4.69, 9.17) is 16.1 Å². The summed E-state index contributed by atoms with van der Waals surface area (Å²) in [6, 6.07) is 20.8.